The van der Waals surface area contributed by atoms with Crippen molar-refractivity contribution < 1.29 is 19.4 Å². The van der Waals surface area contributed by atoms with Crippen LogP contribution in [0, 0.1) is 0 Å². The maximum absolute atomic E-state index is 11.4. The molecule has 1 rings (SSSR count). The molecule has 8 heteroatoms. The van der Waals surface area contributed by atoms with Crippen molar-refractivity contribution in [2.24, 2.45) is 0 Å². The lowest BCUT2D eigenvalue weighted by Crippen LogP contribution is -2.48. The summed E-state index contributed by atoms with van der Waals surface area (Å²) in [6, 6.07) is -1.59. The zero-order valence-corrected chi connectivity index (χ0v) is 10.00. The molecule has 1 unspecified atom stereocenters. The highest BCUT2D eigenvalue weighted by molar-refractivity contribution is 5.82. The molecule has 0 aromatic carbocycles. The molecular formula is C10H16N4O4. The predicted molar refractivity (Wildman–Crippen MR) is 62.1 cm³/mol. The number of imidazole rings is 1. The third-order valence-corrected chi connectivity index (χ3v) is 2.15. The number of hydrogen-bond acceptors (Lipinski definition) is 4. The van der Waals surface area contributed by atoms with Gasteiger partial charge in [-0.05, 0) is 0 Å². The monoisotopic (exact) mass is 256 g/mol. The SMILES string of the molecule is COCC(NC(=O)NCCn1ccnc1)C(=O)O. The molecule has 0 bridgehead atoms. The van der Waals surface area contributed by atoms with Gasteiger partial charge in [0.25, 0.3) is 0 Å². The molecule has 0 radical (unpaired) electrons. The van der Waals surface area contributed by atoms with Gasteiger partial charge in [0.1, 0.15) is 0 Å². The van der Waals surface area contributed by atoms with Crippen molar-refractivity contribution in [3.63, 3.8) is 0 Å². The zero-order valence-electron chi connectivity index (χ0n) is 10.00. The number of aliphatic carboxylic acids is 1. The van der Waals surface area contributed by atoms with Gasteiger partial charge in [-0.25, -0.2) is 14.6 Å². The number of amides is 2. The fourth-order valence-corrected chi connectivity index (χ4v) is 1.27. The third kappa shape index (κ3) is 4.83. The van der Waals surface area contributed by atoms with Gasteiger partial charge in [-0.2, -0.15) is 0 Å². The molecule has 1 heterocycles. The van der Waals surface area contributed by atoms with Crippen LogP contribution in [-0.2, 0) is 16.1 Å². The lowest BCUT2D eigenvalue weighted by molar-refractivity contribution is -0.140. The number of carbonyl (C=O) groups excluding carboxylic acids is 1. The molecule has 0 saturated carbocycles. The van der Waals surface area contributed by atoms with Crippen LogP contribution in [0.4, 0.5) is 4.79 Å². The first-order valence-electron chi connectivity index (χ1n) is 5.35. The van der Waals surface area contributed by atoms with E-state index in [9.17, 15) is 9.59 Å². The minimum absolute atomic E-state index is 0.0791. The number of rotatable bonds is 7. The van der Waals surface area contributed by atoms with Gasteiger partial charge in [-0.15, -0.1) is 0 Å². The lowest BCUT2D eigenvalue weighted by Gasteiger charge is -2.14. The molecule has 8 nitrogen and oxygen atoms in total. The van der Waals surface area contributed by atoms with E-state index in [4.69, 9.17) is 9.84 Å². The van der Waals surface area contributed by atoms with E-state index in [1.165, 1.54) is 7.11 Å². The first-order chi connectivity index (χ1) is 8.63. The summed E-state index contributed by atoms with van der Waals surface area (Å²) in [6.07, 6.45) is 5.04. The molecule has 1 atom stereocenters. The van der Waals surface area contributed by atoms with Gasteiger partial charge in [0.2, 0.25) is 0 Å². The number of nitrogens with zero attached hydrogens (tertiary/aromatic N) is 2. The highest BCUT2D eigenvalue weighted by Crippen LogP contribution is 1.87. The van der Waals surface area contributed by atoms with Gasteiger partial charge in [-0.3, -0.25) is 0 Å². The van der Waals surface area contributed by atoms with Gasteiger partial charge in [0, 0.05) is 32.6 Å². The Bertz CT molecular complexity index is 379. The molecule has 1 aromatic rings. The van der Waals surface area contributed by atoms with E-state index in [0.717, 1.165) is 0 Å². The Kier molecular flexibility index (Phi) is 5.65. The van der Waals surface area contributed by atoms with E-state index in [1.54, 1.807) is 23.3 Å². The van der Waals surface area contributed by atoms with E-state index in [0.29, 0.717) is 13.1 Å². The molecule has 3 N–H and O–H groups in total. The molecule has 0 saturated heterocycles. The highest BCUT2D eigenvalue weighted by Gasteiger charge is 2.19. The van der Waals surface area contributed by atoms with Crippen molar-refractivity contribution in [3.05, 3.63) is 18.7 Å². The Morgan fingerprint density at radius 2 is 2.33 bits per heavy atom. The summed E-state index contributed by atoms with van der Waals surface area (Å²) >= 11 is 0. The van der Waals surface area contributed by atoms with Crippen molar-refractivity contribution in [3.8, 4) is 0 Å². The second-order valence-corrected chi connectivity index (χ2v) is 3.55. The summed E-state index contributed by atoms with van der Waals surface area (Å²) in [7, 11) is 1.37. The number of nitrogens with one attached hydrogen (secondary N) is 2. The van der Waals surface area contributed by atoms with Crippen LogP contribution < -0.4 is 10.6 Å². The standard InChI is InChI=1S/C10H16N4O4/c1-18-6-8(9(15)16)13-10(17)12-3-5-14-4-2-11-7-14/h2,4,7-8H,3,5-6H2,1H3,(H,15,16)(H2,12,13,17). The van der Waals surface area contributed by atoms with Crippen molar-refractivity contribution in [1.82, 2.24) is 20.2 Å². The van der Waals surface area contributed by atoms with Crippen molar-refractivity contribution in [2.45, 2.75) is 12.6 Å². The lowest BCUT2D eigenvalue weighted by atomic mass is 10.3. The summed E-state index contributed by atoms with van der Waals surface area (Å²) in [5, 5.41) is 13.6. The average Bonchev–Trinajstić information content (AvgIpc) is 2.81. The van der Waals surface area contributed by atoms with E-state index in [1.807, 2.05) is 0 Å². The Labute approximate surface area is 104 Å². The van der Waals surface area contributed by atoms with Crippen LogP contribution >= 0.6 is 0 Å². The topological polar surface area (TPSA) is 105 Å². The van der Waals surface area contributed by atoms with E-state index >= 15 is 0 Å². The minimum Gasteiger partial charge on any atom is -0.480 e. The van der Waals surface area contributed by atoms with Gasteiger partial charge in [0.15, 0.2) is 6.04 Å². The molecule has 2 amide bonds. The van der Waals surface area contributed by atoms with Crippen LogP contribution in [0.25, 0.3) is 0 Å². The Morgan fingerprint density at radius 1 is 1.56 bits per heavy atom. The molecule has 0 aliphatic carbocycles. The fraction of sp³-hybridized carbons (Fsp3) is 0.500. The Balaban J connectivity index is 2.25. The summed E-state index contributed by atoms with van der Waals surface area (Å²) in [6.45, 7) is 0.862. The maximum atomic E-state index is 11.4. The van der Waals surface area contributed by atoms with Gasteiger partial charge in [-0.1, -0.05) is 0 Å². The number of methoxy groups -OCH3 is 1. The molecule has 0 aliphatic rings. The average molecular weight is 256 g/mol. The van der Waals surface area contributed by atoms with Crippen molar-refractivity contribution in [2.75, 3.05) is 20.3 Å². The first-order valence-corrected chi connectivity index (χ1v) is 5.35. The first kappa shape index (κ1) is 14.0. The molecule has 0 aliphatic heterocycles. The molecule has 0 fully saturated rings. The predicted octanol–water partition coefficient (Wildman–Crippen LogP) is -0.718. The van der Waals surface area contributed by atoms with Crippen LogP contribution in [0.2, 0.25) is 0 Å². The van der Waals surface area contributed by atoms with E-state index in [-0.39, 0.29) is 6.61 Å². The van der Waals surface area contributed by atoms with Crippen LogP contribution in [0.15, 0.2) is 18.7 Å². The third-order valence-electron chi connectivity index (χ3n) is 2.15. The normalized spacial score (nSPS) is 11.8. The van der Waals surface area contributed by atoms with Crippen LogP contribution in [0.3, 0.4) is 0 Å². The van der Waals surface area contributed by atoms with Crippen molar-refractivity contribution >= 4 is 12.0 Å². The van der Waals surface area contributed by atoms with Gasteiger partial charge >= 0.3 is 12.0 Å². The molecular weight excluding hydrogens is 240 g/mol. The largest absolute Gasteiger partial charge is 0.480 e. The number of aromatic nitrogens is 2. The van der Waals surface area contributed by atoms with Gasteiger partial charge in [0.05, 0.1) is 12.9 Å². The zero-order chi connectivity index (χ0) is 13.4. The Hall–Kier alpha value is -2.09. The number of carbonyl (C=O) groups is 2. The fourth-order valence-electron chi connectivity index (χ4n) is 1.27. The second kappa shape index (κ2) is 7.28. The molecule has 100 valence electrons. The van der Waals surface area contributed by atoms with Crippen LogP contribution in [0.1, 0.15) is 0 Å². The quantitative estimate of drug-likeness (QED) is 0.597. The van der Waals surface area contributed by atoms with E-state index < -0.39 is 18.0 Å². The molecule has 0 spiro atoms. The highest BCUT2D eigenvalue weighted by atomic mass is 16.5. The summed E-state index contributed by atoms with van der Waals surface area (Å²) in [4.78, 5) is 26.0. The minimum atomic E-state index is -1.14. The number of carboxylic acid groups (broad SMARTS) is 1. The second-order valence-electron chi connectivity index (χ2n) is 3.55. The Morgan fingerprint density at radius 3 is 2.89 bits per heavy atom. The number of urea groups is 1. The molecule has 18 heavy (non-hydrogen) atoms. The summed E-state index contributed by atoms with van der Waals surface area (Å²) in [5.74, 6) is -1.14. The van der Waals surface area contributed by atoms with Crippen LogP contribution in [-0.4, -0.2) is 53.0 Å². The smallest absolute Gasteiger partial charge is 0.328 e. The summed E-state index contributed by atoms with van der Waals surface area (Å²) in [5.41, 5.74) is 0. The summed E-state index contributed by atoms with van der Waals surface area (Å²) < 4.78 is 6.49. The van der Waals surface area contributed by atoms with Crippen LogP contribution in [0.5, 0.6) is 0 Å². The maximum Gasteiger partial charge on any atom is 0.328 e. The van der Waals surface area contributed by atoms with Crippen molar-refractivity contribution in [1.29, 1.82) is 0 Å². The van der Waals surface area contributed by atoms with E-state index in [2.05, 4.69) is 15.6 Å². The number of ether oxygens (including phenoxy) is 1. The molecule has 1 aromatic heterocycles. The van der Waals surface area contributed by atoms with Gasteiger partial charge < -0.3 is 25.0 Å². The number of carboxylic acids is 1. The number of hydrogen-bond donors (Lipinski definition) is 3.